The molecule has 2 N–H and O–H groups in total. The van der Waals surface area contributed by atoms with Crippen LogP contribution in [0.4, 0.5) is 4.39 Å². The van der Waals surface area contributed by atoms with Crippen molar-refractivity contribution in [2.45, 2.75) is 17.7 Å². The van der Waals surface area contributed by atoms with Gasteiger partial charge in [-0.05, 0) is 48.2 Å². The fourth-order valence-electron chi connectivity index (χ4n) is 2.01. The van der Waals surface area contributed by atoms with Crippen LogP contribution < -0.4 is 4.72 Å². The first-order valence-corrected chi connectivity index (χ1v) is 8.48. The lowest BCUT2D eigenvalue weighted by atomic mass is 10.1. The molecule has 0 fully saturated rings. The van der Waals surface area contributed by atoms with Crippen LogP contribution in [0.2, 0.25) is 0 Å². The topological polar surface area (TPSA) is 66.4 Å². The van der Waals surface area contributed by atoms with Crippen LogP contribution in [0.25, 0.3) is 11.1 Å². The maximum atomic E-state index is 12.9. The van der Waals surface area contributed by atoms with E-state index in [9.17, 15) is 12.8 Å². The van der Waals surface area contributed by atoms with E-state index >= 15 is 0 Å². The maximum Gasteiger partial charge on any atom is 0.240 e. The molecular weight excluding hydrogens is 305 g/mol. The summed E-state index contributed by atoms with van der Waals surface area (Å²) in [7, 11) is -3.59. The summed E-state index contributed by atoms with van der Waals surface area (Å²) in [5.74, 6) is -0.335. The molecule has 0 aliphatic carbocycles. The van der Waals surface area contributed by atoms with E-state index in [1.807, 2.05) is 0 Å². The number of aliphatic hydroxyl groups is 1. The summed E-state index contributed by atoms with van der Waals surface area (Å²) in [6.07, 6.45) is 1.13. The molecule has 4 nitrogen and oxygen atoms in total. The molecule has 0 spiro atoms. The number of hydrogen-bond acceptors (Lipinski definition) is 3. The van der Waals surface area contributed by atoms with Gasteiger partial charge in [0.25, 0.3) is 0 Å². The van der Waals surface area contributed by atoms with Gasteiger partial charge in [0.15, 0.2) is 0 Å². The summed E-state index contributed by atoms with van der Waals surface area (Å²) in [5, 5.41) is 8.69. The van der Waals surface area contributed by atoms with Gasteiger partial charge < -0.3 is 5.11 Å². The zero-order chi connectivity index (χ0) is 16.0. The molecule has 0 bridgehead atoms. The molecule has 22 heavy (non-hydrogen) atoms. The summed E-state index contributed by atoms with van der Waals surface area (Å²) in [5.41, 5.74) is 1.46. The van der Waals surface area contributed by atoms with Crippen LogP contribution in [0.1, 0.15) is 12.8 Å². The lowest BCUT2D eigenvalue weighted by Crippen LogP contribution is -2.24. The lowest BCUT2D eigenvalue weighted by Gasteiger charge is -2.08. The van der Waals surface area contributed by atoms with Crippen LogP contribution in [0.15, 0.2) is 53.4 Å². The van der Waals surface area contributed by atoms with Crippen molar-refractivity contribution in [2.24, 2.45) is 0 Å². The fourth-order valence-corrected chi connectivity index (χ4v) is 3.13. The van der Waals surface area contributed by atoms with E-state index in [1.165, 1.54) is 18.2 Å². The molecule has 2 rings (SSSR count). The second-order valence-corrected chi connectivity index (χ2v) is 6.63. The zero-order valence-corrected chi connectivity index (χ0v) is 12.8. The normalized spacial score (nSPS) is 11.5. The van der Waals surface area contributed by atoms with E-state index in [0.717, 1.165) is 5.56 Å². The highest BCUT2D eigenvalue weighted by molar-refractivity contribution is 7.89. The first-order valence-electron chi connectivity index (χ1n) is 6.99. The highest BCUT2D eigenvalue weighted by Crippen LogP contribution is 2.22. The summed E-state index contributed by atoms with van der Waals surface area (Å²) in [4.78, 5) is 0.165. The predicted octanol–water partition coefficient (Wildman–Crippen LogP) is 2.54. The van der Waals surface area contributed by atoms with Crippen molar-refractivity contribution in [3.05, 3.63) is 54.3 Å². The molecule has 0 unspecified atom stereocenters. The lowest BCUT2D eigenvalue weighted by molar-refractivity contribution is 0.285. The SMILES string of the molecule is O=S(=O)(NCCCCO)c1cccc(-c2ccc(F)cc2)c1. The third kappa shape index (κ3) is 4.37. The van der Waals surface area contributed by atoms with Crippen LogP contribution >= 0.6 is 0 Å². The minimum atomic E-state index is -3.59. The number of halogens is 1. The summed E-state index contributed by atoms with van der Waals surface area (Å²) >= 11 is 0. The van der Waals surface area contributed by atoms with Crippen LogP contribution in [0.5, 0.6) is 0 Å². The van der Waals surface area contributed by atoms with Crippen molar-refractivity contribution >= 4 is 10.0 Å². The van der Waals surface area contributed by atoms with Crippen LogP contribution in [0.3, 0.4) is 0 Å². The summed E-state index contributed by atoms with van der Waals surface area (Å²) < 4.78 is 39.8. The molecule has 2 aromatic rings. The Hall–Kier alpha value is -1.76. The quantitative estimate of drug-likeness (QED) is 0.770. The minimum Gasteiger partial charge on any atom is -0.396 e. The smallest absolute Gasteiger partial charge is 0.240 e. The maximum absolute atomic E-state index is 12.9. The van der Waals surface area contributed by atoms with Crippen molar-refractivity contribution in [3.63, 3.8) is 0 Å². The third-order valence-electron chi connectivity index (χ3n) is 3.20. The number of aliphatic hydroxyl groups excluding tert-OH is 1. The molecule has 0 heterocycles. The third-order valence-corrected chi connectivity index (χ3v) is 4.66. The van der Waals surface area contributed by atoms with E-state index in [1.54, 1.807) is 30.3 Å². The average Bonchev–Trinajstić information content (AvgIpc) is 2.52. The van der Waals surface area contributed by atoms with Crippen molar-refractivity contribution in [1.82, 2.24) is 4.72 Å². The Bertz CT molecular complexity index is 714. The number of sulfonamides is 1. The molecule has 0 amide bonds. The molecule has 0 aromatic heterocycles. The second kappa shape index (κ2) is 7.49. The number of rotatable bonds is 7. The molecule has 0 aliphatic rings. The van der Waals surface area contributed by atoms with Gasteiger partial charge in [-0.1, -0.05) is 24.3 Å². The number of benzene rings is 2. The highest BCUT2D eigenvalue weighted by Gasteiger charge is 2.14. The number of hydrogen-bond donors (Lipinski definition) is 2. The van der Waals surface area contributed by atoms with E-state index in [2.05, 4.69) is 4.72 Å². The van der Waals surface area contributed by atoms with Gasteiger partial charge in [0, 0.05) is 13.2 Å². The number of unbranched alkanes of at least 4 members (excludes halogenated alkanes) is 1. The van der Waals surface area contributed by atoms with Gasteiger partial charge in [-0.2, -0.15) is 0 Å². The van der Waals surface area contributed by atoms with Crippen molar-refractivity contribution in [2.75, 3.05) is 13.2 Å². The first-order chi connectivity index (χ1) is 10.5. The van der Waals surface area contributed by atoms with E-state index in [4.69, 9.17) is 5.11 Å². The second-order valence-electron chi connectivity index (χ2n) is 4.86. The van der Waals surface area contributed by atoms with Crippen LogP contribution in [-0.2, 0) is 10.0 Å². The molecule has 0 saturated carbocycles. The largest absolute Gasteiger partial charge is 0.396 e. The molecule has 0 aliphatic heterocycles. The van der Waals surface area contributed by atoms with E-state index in [-0.39, 0.29) is 23.9 Å². The van der Waals surface area contributed by atoms with Crippen molar-refractivity contribution < 1.29 is 17.9 Å². The van der Waals surface area contributed by atoms with Gasteiger partial charge >= 0.3 is 0 Å². The average molecular weight is 323 g/mol. The Morgan fingerprint density at radius 1 is 1.00 bits per heavy atom. The highest BCUT2D eigenvalue weighted by atomic mass is 32.2. The molecule has 118 valence electrons. The Balaban J connectivity index is 2.18. The fraction of sp³-hybridized carbons (Fsp3) is 0.250. The molecule has 0 saturated heterocycles. The predicted molar refractivity (Wildman–Crippen MR) is 83.3 cm³/mol. The first kappa shape index (κ1) is 16.6. The van der Waals surface area contributed by atoms with E-state index < -0.39 is 10.0 Å². The van der Waals surface area contributed by atoms with E-state index in [0.29, 0.717) is 18.4 Å². The van der Waals surface area contributed by atoms with Crippen LogP contribution in [0, 0.1) is 5.82 Å². The Morgan fingerprint density at radius 2 is 1.73 bits per heavy atom. The number of nitrogens with one attached hydrogen (secondary N) is 1. The Labute approximate surface area is 129 Å². The van der Waals surface area contributed by atoms with Gasteiger partial charge in [-0.15, -0.1) is 0 Å². The van der Waals surface area contributed by atoms with Gasteiger partial charge in [-0.3, -0.25) is 0 Å². The van der Waals surface area contributed by atoms with Crippen molar-refractivity contribution in [3.8, 4) is 11.1 Å². The molecule has 0 atom stereocenters. The van der Waals surface area contributed by atoms with Gasteiger partial charge in [0.1, 0.15) is 5.82 Å². The summed E-state index contributed by atoms with van der Waals surface area (Å²) in [6, 6.07) is 12.4. The minimum absolute atomic E-state index is 0.0434. The van der Waals surface area contributed by atoms with Crippen LogP contribution in [-0.4, -0.2) is 26.7 Å². The molecule has 6 heteroatoms. The van der Waals surface area contributed by atoms with Crippen molar-refractivity contribution in [1.29, 1.82) is 0 Å². The summed E-state index contributed by atoms with van der Waals surface area (Å²) in [6.45, 7) is 0.325. The Kier molecular flexibility index (Phi) is 5.65. The molecule has 0 radical (unpaired) electrons. The van der Waals surface area contributed by atoms with Gasteiger partial charge in [0.2, 0.25) is 10.0 Å². The Morgan fingerprint density at radius 3 is 2.41 bits per heavy atom. The molecular formula is C16H18FNO3S. The molecule has 2 aromatic carbocycles. The standard InChI is InChI=1S/C16H18FNO3S/c17-15-8-6-13(7-9-15)14-4-3-5-16(12-14)22(20,21)18-10-1-2-11-19/h3-9,12,18-19H,1-2,10-11H2. The monoisotopic (exact) mass is 323 g/mol. The van der Waals surface area contributed by atoms with Gasteiger partial charge in [0.05, 0.1) is 4.90 Å². The zero-order valence-electron chi connectivity index (χ0n) is 12.0. The van der Waals surface area contributed by atoms with Gasteiger partial charge in [-0.25, -0.2) is 17.5 Å².